The minimum atomic E-state index is -4.21. The first-order valence-corrected chi connectivity index (χ1v) is 9.13. The summed E-state index contributed by atoms with van der Waals surface area (Å²) in [7, 11) is -4.21. The Kier molecular flexibility index (Phi) is 4.97. The lowest BCUT2D eigenvalue weighted by atomic mass is 10.2. The van der Waals surface area contributed by atoms with Crippen LogP contribution in [0.2, 0.25) is 5.02 Å². The number of nitrogens with one attached hydrogen (secondary N) is 2. The van der Waals surface area contributed by atoms with Gasteiger partial charge < -0.3 is 9.73 Å². The first kappa shape index (κ1) is 18.0. The maximum Gasteiger partial charge on any atom is 0.264 e. The Bertz CT molecular complexity index is 1050. The molecule has 0 aliphatic heterocycles. The van der Waals surface area contributed by atoms with Gasteiger partial charge in [-0.25, -0.2) is 12.8 Å². The molecule has 0 radical (unpaired) electrons. The van der Waals surface area contributed by atoms with Crippen molar-refractivity contribution in [1.29, 1.82) is 0 Å². The third-order valence-electron chi connectivity index (χ3n) is 3.38. The lowest BCUT2D eigenvalue weighted by Gasteiger charge is -2.14. The van der Waals surface area contributed by atoms with Crippen LogP contribution in [0.5, 0.6) is 0 Å². The predicted molar refractivity (Wildman–Crippen MR) is 95.3 cm³/mol. The van der Waals surface area contributed by atoms with Gasteiger partial charge in [0, 0.05) is 5.02 Å². The Balaban J connectivity index is 1.93. The number of anilines is 2. The van der Waals surface area contributed by atoms with Gasteiger partial charge in [-0.1, -0.05) is 23.7 Å². The molecule has 134 valence electrons. The van der Waals surface area contributed by atoms with E-state index in [1.807, 2.05) is 0 Å². The van der Waals surface area contributed by atoms with E-state index in [4.69, 9.17) is 16.0 Å². The summed E-state index contributed by atoms with van der Waals surface area (Å²) in [6.07, 6.45) is 2.57. The third-order valence-corrected chi connectivity index (χ3v) is 5.02. The van der Waals surface area contributed by atoms with Crippen molar-refractivity contribution in [3.8, 4) is 0 Å². The molecule has 1 heterocycles. The maximum absolute atomic E-state index is 13.8. The van der Waals surface area contributed by atoms with Gasteiger partial charge in [-0.2, -0.15) is 0 Å². The predicted octanol–water partition coefficient (Wildman–Crippen LogP) is 4.13. The zero-order valence-electron chi connectivity index (χ0n) is 13.1. The van der Waals surface area contributed by atoms with E-state index in [9.17, 15) is 17.6 Å². The van der Waals surface area contributed by atoms with Crippen LogP contribution in [0.25, 0.3) is 0 Å². The van der Waals surface area contributed by atoms with Crippen LogP contribution in [0.1, 0.15) is 10.4 Å². The van der Waals surface area contributed by atoms with Gasteiger partial charge in [0.2, 0.25) is 0 Å². The fourth-order valence-electron chi connectivity index (χ4n) is 2.16. The molecule has 0 spiro atoms. The molecular weight excluding hydrogens is 383 g/mol. The van der Waals surface area contributed by atoms with Gasteiger partial charge in [0.05, 0.1) is 23.2 Å². The number of benzene rings is 2. The molecule has 9 heteroatoms. The summed E-state index contributed by atoms with van der Waals surface area (Å²) in [6, 6.07) is 10.6. The van der Waals surface area contributed by atoms with E-state index in [2.05, 4.69) is 10.0 Å². The molecule has 1 aromatic heterocycles. The number of hydrogen-bond acceptors (Lipinski definition) is 4. The highest BCUT2D eigenvalue weighted by Crippen LogP contribution is 2.29. The van der Waals surface area contributed by atoms with Crippen molar-refractivity contribution in [2.24, 2.45) is 0 Å². The monoisotopic (exact) mass is 394 g/mol. The van der Waals surface area contributed by atoms with Gasteiger partial charge in [0.25, 0.3) is 15.9 Å². The average Bonchev–Trinajstić information content (AvgIpc) is 3.12. The minimum absolute atomic E-state index is 0.0366. The summed E-state index contributed by atoms with van der Waals surface area (Å²) in [5.74, 6) is -1.41. The van der Waals surface area contributed by atoms with Crippen LogP contribution >= 0.6 is 11.6 Å². The van der Waals surface area contributed by atoms with Gasteiger partial charge >= 0.3 is 0 Å². The zero-order chi connectivity index (χ0) is 18.7. The highest BCUT2D eigenvalue weighted by molar-refractivity contribution is 7.92. The molecule has 26 heavy (non-hydrogen) atoms. The third kappa shape index (κ3) is 3.87. The van der Waals surface area contributed by atoms with Crippen LogP contribution in [-0.4, -0.2) is 14.3 Å². The first-order valence-electron chi connectivity index (χ1n) is 7.27. The molecule has 2 aromatic carbocycles. The molecule has 0 fully saturated rings. The van der Waals surface area contributed by atoms with Crippen LogP contribution in [-0.2, 0) is 10.0 Å². The summed E-state index contributed by atoms with van der Waals surface area (Å²) in [4.78, 5) is 11.7. The number of halogens is 2. The fraction of sp³-hybridized carbons (Fsp3) is 0. The standard InChI is InChI=1S/C17H12ClFN2O4S/c18-12-5-6-14(15(9-12)20-17(22)11-7-8-25-10-11)21-26(23,24)16-4-2-1-3-13(16)19/h1-10,21H,(H,20,22). The Hall–Kier alpha value is -2.84. The first-order chi connectivity index (χ1) is 12.4. The van der Waals surface area contributed by atoms with Crippen molar-refractivity contribution >= 4 is 38.9 Å². The molecule has 1 amide bonds. The fourth-order valence-corrected chi connectivity index (χ4v) is 3.49. The normalized spacial score (nSPS) is 11.2. The van der Waals surface area contributed by atoms with E-state index in [0.29, 0.717) is 0 Å². The second-order valence-corrected chi connectivity index (χ2v) is 7.28. The summed E-state index contributed by atoms with van der Waals surface area (Å²) in [6.45, 7) is 0. The zero-order valence-corrected chi connectivity index (χ0v) is 14.6. The van der Waals surface area contributed by atoms with Crippen molar-refractivity contribution in [1.82, 2.24) is 0 Å². The van der Waals surface area contributed by atoms with Gasteiger partial charge in [-0.05, 0) is 36.4 Å². The number of rotatable bonds is 5. The molecule has 0 saturated heterocycles. The van der Waals surface area contributed by atoms with Crippen LogP contribution in [0, 0.1) is 5.82 Å². The van der Waals surface area contributed by atoms with Crippen LogP contribution < -0.4 is 10.0 Å². The van der Waals surface area contributed by atoms with Gasteiger partial charge in [-0.15, -0.1) is 0 Å². The molecule has 0 bridgehead atoms. The Morgan fingerprint density at radius 3 is 2.54 bits per heavy atom. The minimum Gasteiger partial charge on any atom is -0.472 e. The van der Waals surface area contributed by atoms with Gasteiger partial charge in [0.15, 0.2) is 0 Å². The molecule has 0 unspecified atom stereocenters. The van der Waals surface area contributed by atoms with E-state index in [-0.39, 0.29) is 22.0 Å². The van der Waals surface area contributed by atoms with Crippen molar-refractivity contribution in [2.45, 2.75) is 4.90 Å². The molecule has 6 nitrogen and oxygen atoms in total. The van der Waals surface area contributed by atoms with E-state index in [1.54, 1.807) is 0 Å². The highest BCUT2D eigenvalue weighted by atomic mass is 35.5. The molecule has 3 rings (SSSR count). The average molecular weight is 395 g/mol. The number of furan rings is 1. The Morgan fingerprint density at radius 1 is 1.08 bits per heavy atom. The topological polar surface area (TPSA) is 88.4 Å². The number of sulfonamides is 1. The Labute approximate surface area is 153 Å². The van der Waals surface area contributed by atoms with Gasteiger partial charge in [-0.3, -0.25) is 9.52 Å². The van der Waals surface area contributed by atoms with Crippen LogP contribution in [0.3, 0.4) is 0 Å². The molecule has 3 aromatic rings. The Morgan fingerprint density at radius 2 is 1.85 bits per heavy atom. The molecular formula is C17H12ClFN2O4S. The van der Waals surface area contributed by atoms with Crippen molar-refractivity contribution in [3.05, 3.63) is 77.5 Å². The van der Waals surface area contributed by atoms with E-state index >= 15 is 0 Å². The van der Waals surface area contributed by atoms with Gasteiger partial charge in [0.1, 0.15) is 17.0 Å². The quantitative estimate of drug-likeness (QED) is 0.681. The molecule has 0 aliphatic rings. The summed E-state index contributed by atoms with van der Waals surface area (Å²) in [5.41, 5.74) is 0.394. The smallest absolute Gasteiger partial charge is 0.264 e. The second-order valence-electron chi connectivity index (χ2n) is 5.19. The second kappa shape index (κ2) is 7.19. The van der Waals surface area contributed by atoms with E-state index < -0.39 is 26.6 Å². The van der Waals surface area contributed by atoms with Crippen molar-refractivity contribution < 1.29 is 22.0 Å². The lowest BCUT2D eigenvalue weighted by Crippen LogP contribution is -2.17. The SMILES string of the molecule is O=C(Nc1cc(Cl)ccc1NS(=O)(=O)c1ccccc1F)c1ccoc1. The van der Waals surface area contributed by atoms with Crippen LogP contribution in [0.4, 0.5) is 15.8 Å². The van der Waals surface area contributed by atoms with E-state index in [0.717, 1.165) is 12.1 Å². The van der Waals surface area contributed by atoms with Crippen LogP contribution in [0.15, 0.2) is 70.4 Å². The highest BCUT2D eigenvalue weighted by Gasteiger charge is 2.21. The number of amides is 1. The largest absolute Gasteiger partial charge is 0.472 e. The number of carbonyl (C=O) groups excluding carboxylic acids is 1. The molecule has 2 N–H and O–H groups in total. The van der Waals surface area contributed by atoms with Crippen molar-refractivity contribution in [2.75, 3.05) is 10.0 Å². The van der Waals surface area contributed by atoms with Crippen molar-refractivity contribution in [3.63, 3.8) is 0 Å². The summed E-state index contributed by atoms with van der Waals surface area (Å²) < 4.78 is 45.8. The summed E-state index contributed by atoms with van der Waals surface area (Å²) in [5, 5.41) is 2.82. The van der Waals surface area contributed by atoms with E-state index in [1.165, 1.54) is 48.9 Å². The lowest BCUT2D eigenvalue weighted by molar-refractivity contribution is 0.102. The maximum atomic E-state index is 13.8. The molecule has 0 atom stereocenters. The number of carbonyl (C=O) groups is 1. The molecule has 0 aliphatic carbocycles. The molecule has 0 saturated carbocycles. The summed E-state index contributed by atoms with van der Waals surface area (Å²) >= 11 is 5.93. The number of hydrogen-bond donors (Lipinski definition) is 2.